The summed E-state index contributed by atoms with van der Waals surface area (Å²) in [6, 6.07) is 11.7. The molecule has 2 heterocycles. The average molecular weight is 382 g/mol. The Balaban J connectivity index is 1.79. The zero-order valence-electron chi connectivity index (χ0n) is 16.1. The summed E-state index contributed by atoms with van der Waals surface area (Å²) in [5.41, 5.74) is 0.792. The maximum Gasteiger partial charge on any atom is 0.288 e. The van der Waals surface area contributed by atoms with Crippen molar-refractivity contribution in [2.45, 2.75) is 32.7 Å². The van der Waals surface area contributed by atoms with Crippen LogP contribution in [0.3, 0.4) is 0 Å². The number of amides is 2. The Morgan fingerprint density at radius 3 is 2.50 bits per heavy atom. The monoisotopic (exact) mass is 382 g/mol. The quantitative estimate of drug-likeness (QED) is 0.712. The van der Waals surface area contributed by atoms with Crippen LogP contribution in [0, 0.1) is 5.82 Å². The van der Waals surface area contributed by atoms with E-state index in [0.717, 1.165) is 0 Å². The van der Waals surface area contributed by atoms with E-state index in [1.807, 2.05) is 20.8 Å². The molecule has 28 heavy (non-hydrogen) atoms. The van der Waals surface area contributed by atoms with E-state index in [1.54, 1.807) is 47.0 Å². The van der Waals surface area contributed by atoms with Crippen LogP contribution >= 0.6 is 0 Å². The van der Waals surface area contributed by atoms with Gasteiger partial charge in [-0.2, -0.15) is 0 Å². The molecule has 3 rings (SSSR count). The second-order valence-corrected chi connectivity index (χ2v) is 7.54. The van der Waals surface area contributed by atoms with Crippen molar-refractivity contribution in [2.24, 2.45) is 0 Å². The van der Waals surface area contributed by atoms with Gasteiger partial charge in [-0.15, -0.1) is 0 Å². The van der Waals surface area contributed by atoms with Crippen LogP contribution in [0.25, 0.3) is 5.52 Å². The van der Waals surface area contributed by atoms with E-state index in [4.69, 9.17) is 0 Å². The second-order valence-electron chi connectivity index (χ2n) is 7.54. The van der Waals surface area contributed by atoms with Crippen molar-refractivity contribution < 1.29 is 14.0 Å². The summed E-state index contributed by atoms with van der Waals surface area (Å²) in [6.45, 7) is 5.88. The minimum Gasteiger partial charge on any atom is -0.350 e. The van der Waals surface area contributed by atoms with Crippen molar-refractivity contribution in [3.05, 3.63) is 71.6 Å². The summed E-state index contributed by atoms with van der Waals surface area (Å²) >= 11 is 0. The summed E-state index contributed by atoms with van der Waals surface area (Å²) < 4.78 is 15.3. The molecule has 0 saturated heterocycles. The minimum absolute atomic E-state index is 0.143. The molecule has 3 aromatic rings. The number of carbonyl (C=O) groups excluding carboxylic acids is 2. The lowest BCUT2D eigenvalue weighted by Crippen LogP contribution is -2.41. The molecule has 0 bridgehead atoms. The van der Waals surface area contributed by atoms with Crippen LogP contribution in [0.4, 0.5) is 4.39 Å². The fourth-order valence-corrected chi connectivity index (χ4v) is 2.86. The van der Waals surface area contributed by atoms with Crippen LogP contribution in [0.15, 0.2) is 48.7 Å². The number of aromatic nitrogens is 2. The number of nitrogens with zero attached hydrogens (tertiary/aromatic N) is 2. The molecule has 7 heteroatoms. The van der Waals surface area contributed by atoms with E-state index >= 15 is 0 Å². The van der Waals surface area contributed by atoms with Crippen molar-refractivity contribution in [2.75, 3.05) is 6.54 Å². The molecule has 0 unspecified atom stereocenters. The van der Waals surface area contributed by atoms with Gasteiger partial charge in [0.15, 0.2) is 5.69 Å². The van der Waals surface area contributed by atoms with Gasteiger partial charge < -0.3 is 10.6 Å². The lowest BCUT2D eigenvalue weighted by atomic mass is 10.1. The molecule has 0 aliphatic heterocycles. The van der Waals surface area contributed by atoms with Gasteiger partial charge in [0.25, 0.3) is 11.8 Å². The van der Waals surface area contributed by atoms with Crippen LogP contribution in [0.1, 0.15) is 47.4 Å². The van der Waals surface area contributed by atoms with Gasteiger partial charge in [0.2, 0.25) is 5.82 Å². The van der Waals surface area contributed by atoms with Crippen molar-refractivity contribution in [3.63, 3.8) is 0 Å². The van der Waals surface area contributed by atoms with Gasteiger partial charge in [0, 0.05) is 18.3 Å². The Hall–Kier alpha value is -3.22. The van der Waals surface area contributed by atoms with E-state index in [9.17, 15) is 14.0 Å². The number of pyridine rings is 1. The lowest BCUT2D eigenvalue weighted by molar-refractivity contribution is 0.0908. The summed E-state index contributed by atoms with van der Waals surface area (Å²) in [5.74, 6) is -0.927. The summed E-state index contributed by atoms with van der Waals surface area (Å²) in [7, 11) is 0. The molecule has 2 aromatic heterocycles. The first-order valence-electron chi connectivity index (χ1n) is 9.07. The van der Waals surface area contributed by atoms with Crippen molar-refractivity contribution in [3.8, 4) is 0 Å². The predicted molar refractivity (Wildman–Crippen MR) is 105 cm³/mol. The largest absolute Gasteiger partial charge is 0.350 e. The molecule has 0 fully saturated rings. The van der Waals surface area contributed by atoms with E-state index in [0.29, 0.717) is 17.5 Å². The SMILES string of the molecule is CC(C)(C)NC(=O)c1nc(C(=O)NCCc2ccccc2F)c2ccccn12. The van der Waals surface area contributed by atoms with E-state index in [2.05, 4.69) is 15.6 Å². The highest BCUT2D eigenvalue weighted by molar-refractivity contribution is 6.02. The van der Waals surface area contributed by atoms with E-state index < -0.39 is 11.4 Å². The molecule has 2 N–H and O–H groups in total. The minimum atomic E-state index is -0.431. The third-order valence-corrected chi connectivity index (χ3v) is 4.09. The van der Waals surface area contributed by atoms with E-state index in [1.165, 1.54) is 6.07 Å². The Morgan fingerprint density at radius 1 is 1.07 bits per heavy atom. The number of hydrogen-bond donors (Lipinski definition) is 2. The van der Waals surface area contributed by atoms with Gasteiger partial charge in [-0.1, -0.05) is 24.3 Å². The van der Waals surface area contributed by atoms with Gasteiger partial charge in [-0.3, -0.25) is 14.0 Å². The van der Waals surface area contributed by atoms with Crippen molar-refractivity contribution >= 4 is 17.3 Å². The van der Waals surface area contributed by atoms with Crippen LogP contribution < -0.4 is 10.6 Å². The fourth-order valence-electron chi connectivity index (χ4n) is 2.86. The molecule has 0 aliphatic rings. The molecule has 0 spiro atoms. The summed E-state index contributed by atoms with van der Waals surface area (Å²) in [4.78, 5) is 29.5. The third-order valence-electron chi connectivity index (χ3n) is 4.09. The van der Waals surface area contributed by atoms with Crippen LogP contribution in [0.2, 0.25) is 0 Å². The maximum absolute atomic E-state index is 13.7. The Bertz CT molecular complexity index is 1020. The maximum atomic E-state index is 13.7. The van der Waals surface area contributed by atoms with Crippen molar-refractivity contribution in [1.82, 2.24) is 20.0 Å². The highest BCUT2D eigenvalue weighted by atomic mass is 19.1. The first kappa shape index (κ1) is 19.5. The first-order chi connectivity index (χ1) is 13.3. The van der Waals surface area contributed by atoms with Gasteiger partial charge in [0.1, 0.15) is 5.82 Å². The van der Waals surface area contributed by atoms with Gasteiger partial charge in [-0.25, -0.2) is 9.37 Å². The molecule has 146 valence electrons. The molecular formula is C21H23FN4O2. The highest BCUT2D eigenvalue weighted by Crippen LogP contribution is 2.14. The van der Waals surface area contributed by atoms with Crippen LogP contribution in [0.5, 0.6) is 0 Å². The van der Waals surface area contributed by atoms with Crippen LogP contribution in [-0.4, -0.2) is 33.3 Å². The van der Waals surface area contributed by atoms with Crippen molar-refractivity contribution in [1.29, 1.82) is 0 Å². The Kier molecular flexibility index (Phi) is 5.44. The molecular weight excluding hydrogens is 359 g/mol. The Morgan fingerprint density at radius 2 is 1.79 bits per heavy atom. The number of fused-ring (bicyclic) bond motifs is 1. The smallest absolute Gasteiger partial charge is 0.288 e. The average Bonchev–Trinajstić information content (AvgIpc) is 3.02. The highest BCUT2D eigenvalue weighted by Gasteiger charge is 2.24. The number of rotatable bonds is 5. The number of benzene rings is 1. The summed E-state index contributed by atoms with van der Waals surface area (Å²) in [5, 5.41) is 5.61. The topological polar surface area (TPSA) is 75.5 Å². The molecule has 2 amide bonds. The number of hydrogen-bond acceptors (Lipinski definition) is 3. The lowest BCUT2D eigenvalue weighted by Gasteiger charge is -2.19. The number of carbonyl (C=O) groups is 2. The number of halogens is 1. The zero-order chi connectivity index (χ0) is 20.3. The Labute approximate surface area is 162 Å². The molecule has 6 nitrogen and oxygen atoms in total. The normalized spacial score (nSPS) is 11.4. The second kappa shape index (κ2) is 7.80. The van der Waals surface area contributed by atoms with Gasteiger partial charge >= 0.3 is 0 Å². The van der Waals surface area contributed by atoms with E-state index in [-0.39, 0.29) is 29.8 Å². The van der Waals surface area contributed by atoms with Gasteiger partial charge in [0.05, 0.1) is 5.52 Å². The fraction of sp³-hybridized carbons (Fsp3) is 0.286. The van der Waals surface area contributed by atoms with Gasteiger partial charge in [-0.05, 0) is 51.0 Å². The standard InChI is InChI=1S/C21H23FN4O2/c1-21(2,3)25-20(28)18-24-17(16-10-6-7-13-26(16)18)19(27)23-12-11-14-8-4-5-9-15(14)22/h4-10,13H,11-12H2,1-3H3,(H,23,27)(H,25,28). The number of imidazole rings is 1. The molecule has 0 radical (unpaired) electrons. The molecule has 0 atom stereocenters. The molecule has 0 aliphatic carbocycles. The first-order valence-corrected chi connectivity index (χ1v) is 9.07. The third kappa shape index (κ3) is 4.36. The van der Waals surface area contributed by atoms with Crippen LogP contribution in [-0.2, 0) is 6.42 Å². The summed E-state index contributed by atoms with van der Waals surface area (Å²) in [6.07, 6.45) is 2.05. The molecule has 1 aromatic carbocycles. The molecule has 0 saturated carbocycles. The number of nitrogens with one attached hydrogen (secondary N) is 2. The zero-order valence-corrected chi connectivity index (χ0v) is 16.1. The predicted octanol–water partition coefficient (Wildman–Crippen LogP) is 2.97.